The van der Waals surface area contributed by atoms with Crippen molar-refractivity contribution in [2.45, 2.75) is 40.5 Å². The van der Waals surface area contributed by atoms with Gasteiger partial charge in [0.15, 0.2) is 0 Å². The van der Waals surface area contributed by atoms with Gasteiger partial charge in [-0.15, -0.1) is 0 Å². The summed E-state index contributed by atoms with van der Waals surface area (Å²) in [7, 11) is 1.92. The summed E-state index contributed by atoms with van der Waals surface area (Å²) >= 11 is 0. The van der Waals surface area contributed by atoms with Crippen LogP contribution in [-0.4, -0.2) is 47.5 Å². The molecular weight excluding hydrogens is 276 g/mol. The van der Waals surface area contributed by atoms with E-state index in [1.807, 2.05) is 45.8 Å². The minimum atomic E-state index is -0.299. The fourth-order valence-corrected chi connectivity index (χ4v) is 2.99. The van der Waals surface area contributed by atoms with Crippen LogP contribution >= 0.6 is 0 Å². The lowest BCUT2D eigenvalue weighted by Gasteiger charge is -2.35. The fourth-order valence-electron chi connectivity index (χ4n) is 2.99. The molecule has 0 aromatic carbocycles. The number of rotatable bonds is 3. The van der Waals surface area contributed by atoms with Gasteiger partial charge in [-0.1, -0.05) is 20.8 Å². The highest BCUT2D eigenvalue weighted by molar-refractivity contribution is 5.81. The SMILES string of the molecule is Cc1cncc(N2CCC(CN(C)C(=O)C(C)(C)C)CC2)n1. The minimum absolute atomic E-state index is 0.222. The van der Waals surface area contributed by atoms with Crippen molar-refractivity contribution >= 4 is 11.7 Å². The second-order valence-corrected chi connectivity index (χ2v) is 7.38. The van der Waals surface area contributed by atoms with E-state index in [9.17, 15) is 4.79 Å². The number of hydrogen-bond donors (Lipinski definition) is 0. The van der Waals surface area contributed by atoms with Crippen molar-refractivity contribution in [2.75, 3.05) is 31.6 Å². The molecule has 1 amide bonds. The molecule has 0 radical (unpaired) electrons. The number of anilines is 1. The predicted molar refractivity (Wildman–Crippen MR) is 88.8 cm³/mol. The first kappa shape index (κ1) is 16.7. The van der Waals surface area contributed by atoms with E-state index in [0.717, 1.165) is 44.0 Å². The molecule has 1 saturated heterocycles. The van der Waals surface area contributed by atoms with Crippen LogP contribution in [0.25, 0.3) is 0 Å². The maximum Gasteiger partial charge on any atom is 0.227 e. The average molecular weight is 304 g/mol. The largest absolute Gasteiger partial charge is 0.355 e. The van der Waals surface area contributed by atoms with Crippen molar-refractivity contribution in [2.24, 2.45) is 11.3 Å². The van der Waals surface area contributed by atoms with Gasteiger partial charge in [0.2, 0.25) is 5.91 Å². The summed E-state index contributed by atoms with van der Waals surface area (Å²) in [4.78, 5) is 25.2. The number of amides is 1. The van der Waals surface area contributed by atoms with Crippen molar-refractivity contribution < 1.29 is 4.79 Å². The molecule has 122 valence electrons. The van der Waals surface area contributed by atoms with Crippen LogP contribution in [-0.2, 0) is 4.79 Å². The number of piperidine rings is 1. The highest BCUT2D eigenvalue weighted by atomic mass is 16.2. The van der Waals surface area contributed by atoms with Crippen LogP contribution in [0.1, 0.15) is 39.3 Å². The Morgan fingerprint density at radius 2 is 1.95 bits per heavy atom. The van der Waals surface area contributed by atoms with E-state index < -0.39 is 0 Å². The number of hydrogen-bond acceptors (Lipinski definition) is 4. The maximum absolute atomic E-state index is 12.3. The molecule has 0 atom stereocenters. The zero-order valence-electron chi connectivity index (χ0n) is 14.5. The second-order valence-electron chi connectivity index (χ2n) is 7.38. The van der Waals surface area contributed by atoms with Crippen molar-refractivity contribution in [1.82, 2.24) is 14.9 Å². The minimum Gasteiger partial charge on any atom is -0.355 e. The molecule has 0 aliphatic carbocycles. The normalized spacial score (nSPS) is 16.7. The highest BCUT2D eigenvalue weighted by Crippen LogP contribution is 2.24. The molecule has 22 heavy (non-hydrogen) atoms. The van der Waals surface area contributed by atoms with Crippen LogP contribution in [0.5, 0.6) is 0 Å². The molecular formula is C17H28N4O. The quantitative estimate of drug-likeness (QED) is 0.861. The molecule has 1 aromatic heterocycles. The molecule has 1 aromatic rings. The lowest BCUT2D eigenvalue weighted by molar-refractivity contribution is -0.138. The van der Waals surface area contributed by atoms with Crippen LogP contribution in [0.4, 0.5) is 5.82 Å². The van der Waals surface area contributed by atoms with Crippen molar-refractivity contribution in [3.63, 3.8) is 0 Å². The Balaban J connectivity index is 1.86. The molecule has 2 heterocycles. The van der Waals surface area contributed by atoms with Gasteiger partial charge in [0.25, 0.3) is 0 Å². The number of aromatic nitrogens is 2. The summed E-state index contributed by atoms with van der Waals surface area (Å²) in [5.74, 6) is 1.77. The maximum atomic E-state index is 12.3. The van der Waals surface area contributed by atoms with E-state index >= 15 is 0 Å². The van der Waals surface area contributed by atoms with Crippen LogP contribution in [0.15, 0.2) is 12.4 Å². The molecule has 0 spiro atoms. The zero-order chi connectivity index (χ0) is 16.3. The molecule has 0 unspecified atom stereocenters. The first-order chi connectivity index (χ1) is 10.3. The Kier molecular flexibility index (Phi) is 5.04. The monoisotopic (exact) mass is 304 g/mol. The highest BCUT2D eigenvalue weighted by Gasteiger charge is 2.28. The standard InChI is InChI=1S/C17H28N4O/c1-13-10-18-11-15(19-13)21-8-6-14(7-9-21)12-20(5)16(22)17(2,3)4/h10-11,14H,6-9,12H2,1-5H3. The molecule has 1 aliphatic heterocycles. The predicted octanol–water partition coefficient (Wildman–Crippen LogP) is 2.51. The lowest BCUT2D eigenvalue weighted by atomic mass is 9.92. The van der Waals surface area contributed by atoms with Crippen molar-refractivity contribution in [3.8, 4) is 0 Å². The molecule has 2 rings (SSSR count). The van der Waals surface area contributed by atoms with Gasteiger partial charge in [-0.05, 0) is 25.7 Å². The number of carbonyl (C=O) groups excluding carboxylic acids is 1. The van der Waals surface area contributed by atoms with Gasteiger partial charge < -0.3 is 9.80 Å². The van der Waals surface area contributed by atoms with E-state index in [4.69, 9.17) is 0 Å². The van der Waals surface area contributed by atoms with Crippen LogP contribution < -0.4 is 4.90 Å². The molecule has 0 saturated carbocycles. The number of carbonyl (C=O) groups is 1. The van der Waals surface area contributed by atoms with Gasteiger partial charge in [0.05, 0.1) is 11.9 Å². The number of nitrogens with zero attached hydrogens (tertiary/aromatic N) is 4. The molecule has 1 fully saturated rings. The van der Waals surface area contributed by atoms with Crippen LogP contribution in [0.2, 0.25) is 0 Å². The van der Waals surface area contributed by atoms with Gasteiger partial charge in [-0.2, -0.15) is 0 Å². The van der Waals surface area contributed by atoms with E-state index in [2.05, 4.69) is 14.9 Å². The Labute approximate surface area is 133 Å². The number of aryl methyl sites for hydroxylation is 1. The lowest BCUT2D eigenvalue weighted by Crippen LogP contribution is -2.43. The Hall–Kier alpha value is -1.65. The van der Waals surface area contributed by atoms with Gasteiger partial charge in [-0.3, -0.25) is 9.78 Å². The first-order valence-electron chi connectivity index (χ1n) is 8.06. The summed E-state index contributed by atoms with van der Waals surface area (Å²) in [6.45, 7) is 10.7. The summed E-state index contributed by atoms with van der Waals surface area (Å²) in [5, 5.41) is 0. The van der Waals surface area contributed by atoms with E-state index in [-0.39, 0.29) is 11.3 Å². The van der Waals surface area contributed by atoms with Gasteiger partial charge in [0.1, 0.15) is 5.82 Å². The molecule has 0 N–H and O–H groups in total. The molecule has 5 heteroatoms. The van der Waals surface area contributed by atoms with Crippen molar-refractivity contribution in [1.29, 1.82) is 0 Å². The van der Waals surface area contributed by atoms with Crippen LogP contribution in [0, 0.1) is 18.3 Å². The third-order valence-corrected chi connectivity index (χ3v) is 4.20. The molecule has 1 aliphatic rings. The third-order valence-electron chi connectivity index (χ3n) is 4.20. The smallest absolute Gasteiger partial charge is 0.227 e. The Morgan fingerprint density at radius 1 is 1.32 bits per heavy atom. The third kappa shape index (κ3) is 4.18. The summed E-state index contributed by atoms with van der Waals surface area (Å²) < 4.78 is 0. The van der Waals surface area contributed by atoms with Gasteiger partial charge in [0, 0.05) is 38.3 Å². The fraction of sp³-hybridized carbons (Fsp3) is 0.706. The zero-order valence-corrected chi connectivity index (χ0v) is 14.5. The second kappa shape index (κ2) is 6.63. The summed E-state index contributed by atoms with van der Waals surface area (Å²) in [5.41, 5.74) is 0.655. The van der Waals surface area contributed by atoms with E-state index in [0.29, 0.717) is 5.92 Å². The topological polar surface area (TPSA) is 49.3 Å². The Bertz CT molecular complexity index is 516. The summed E-state index contributed by atoms with van der Waals surface area (Å²) in [6, 6.07) is 0. The molecule has 5 nitrogen and oxygen atoms in total. The first-order valence-corrected chi connectivity index (χ1v) is 8.06. The summed E-state index contributed by atoms with van der Waals surface area (Å²) in [6.07, 6.45) is 5.81. The molecule has 0 bridgehead atoms. The van der Waals surface area contributed by atoms with Crippen molar-refractivity contribution in [3.05, 3.63) is 18.1 Å². The van der Waals surface area contributed by atoms with E-state index in [1.165, 1.54) is 0 Å². The van der Waals surface area contributed by atoms with Gasteiger partial charge >= 0.3 is 0 Å². The van der Waals surface area contributed by atoms with E-state index in [1.54, 1.807) is 6.20 Å². The Morgan fingerprint density at radius 3 is 2.50 bits per heavy atom. The van der Waals surface area contributed by atoms with Gasteiger partial charge in [-0.25, -0.2) is 4.98 Å². The van der Waals surface area contributed by atoms with Crippen LogP contribution in [0.3, 0.4) is 0 Å². The average Bonchev–Trinajstić information content (AvgIpc) is 2.46.